The molecule has 0 aliphatic rings. The number of nitrogens with two attached hydrogens (primary N) is 1. The molecule has 0 bridgehead atoms. The normalized spacial score (nSPS) is 12.2. The minimum absolute atomic E-state index is 0.0595. The minimum atomic E-state index is -0.0595. The molecule has 0 aliphatic heterocycles. The number of hydrogen-bond donors (Lipinski definition) is 1. The maximum Gasteiger partial charge on any atom is 0.128 e. The number of aromatic nitrogens is 1. The number of fused-ring (bicyclic) bond motifs is 1. The van der Waals surface area contributed by atoms with Crippen molar-refractivity contribution in [2.75, 3.05) is 5.73 Å². The molecule has 3 rings (SSSR count). The lowest BCUT2D eigenvalue weighted by atomic mass is 10.1. The van der Waals surface area contributed by atoms with E-state index in [0.717, 1.165) is 27.8 Å². The largest absolute Gasteiger partial charge is 0.485 e. The number of anilines is 1. The van der Waals surface area contributed by atoms with Gasteiger partial charge in [0.1, 0.15) is 11.9 Å². The van der Waals surface area contributed by atoms with Crippen molar-refractivity contribution in [3.8, 4) is 5.75 Å². The van der Waals surface area contributed by atoms with Gasteiger partial charge in [-0.3, -0.25) is 4.98 Å². The minimum Gasteiger partial charge on any atom is -0.485 e. The number of nitrogen functional groups attached to an aromatic ring is 1. The molecule has 0 aliphatic carbocycles. The molecular weight excluding hydrogens is 248 g/mol. The Morgan fingerprint density at radius 3 is 2.60 bits per heavy atom. The molecule has 2 aromatic carbocycles. The van der Waals surface area contributed by atoms with Crippen LogP contribution in [0.3, 0.4) is 0 Å². The maximum absolute atomic E-state index is 6.07. The lowest BCUT2D eigenvalue weighted by Crippen LogP contribution is -2.03. The Morgan fingerprint density at radius 1 is 1.00 bits per heavy atom. The molecule has 3 aromatic rings. The highest BCUT2D eigenvalue weighted by molar-refractivity contribution is 5.96. The standard InChI is InChI=1S/C17H16N2O/c1-12(13-5-4-10-19-11-13)20-17-9-3-6-14-15(17)7-2-8-16(14)18/h2-12H,18H2,1H3. The Labute approximate surface area is 118 Å². The summed E-state index contributed by atoms with van der Waals surface area (Å²) in [5.41, 5.74) is 7.82. The number of benzene rings is 2. The van der Waals surface area contributed by atoms with Crippen LogP contribution in [0.5, 0.6) is 5.75 Å². The molecule has 0 amide bonds. The van der Waals surface area contributed by atoms with E-state index in [1.165, 1.54) is 0 Å². The van der Waals surface area contributed by atoms with Crippen molar-refractivity contribution in [1.82, 2.24) is 4.98 Å². The first kappa shape index (κ1) is 12.5. The van der Waals surface area contributed by atoms with Crippen LogP contribution in [0.1, 0.15) is 18.6 Å². The van der Waals surface area contributed by atoms with Gasteiger partial charge >= 0.3 is 0 Å². The second-order valence-electron chi connectivity index (χ2n) is 4.74. The highest BCUT2D eigenvalue weighted by Gasteiger charge is 2.10. The Kier molecular flexibility index (Phi) is 3.25. The fourth-order valence-corrected chi connectivity index (χ4v) is 2.28. The van der Waals surface area contributed by atoms with E-state index >= 15 is 0 Å². The summed E-state index contributed by atoms with van der Waals surface area (Å²) in [6, 6.07) is 15.7. The van der Waals surface area contributed by atoms with Gasteiger partial charge in [-0.15, -0.1) is 0 Å². The van der Waals surface area contributed by atoms with Crippen LogP contribution < -0.4 is 10.5 Å². The fraction of sp³-hybridized carbons (Fsp3) is 0.118. The Bertz CT molecular complexity index is 725. The summed E-state index contributed by atoms with van der Waals surface area (Å²) in [4.78, 5) is 4.12. The topological polar surface area (TPSA) is 48.1 Å². The van der Waals surface area contributed by atoms with Gasteiger partial charge in [0.05, 0.1) is 0 Å². The summed E-state index contributed by atoms with van der Waals surface area (Å²) >= 11 is 0. The Balaban J connectivity index is 1.97. The van der Waals surface area contributed by atoms with Crippen molar-refractivity contribution >= 4 is 16.5 Å². The van der Waals surface area contributed by atoms with Gasteiger partial charge < -0.3 is 10.5 Å². The zero-order valence-corrected chi connectivity index (χ0v) is 11.3. The molecule has 0 saturated heterocycles. The first-order valence-electron chi connectivity index (χ1n) is 6.59. The van der Waals surface area contributed by atoms with Crippen molar-refractivity contribution < 1.29 is 4.74 Å². The molecule has 3 nitrogen and oxygen atoms in total. The van der Waals surface area contributed by atoms with Gasteiger partial charge in [-0.2, -0.15) is 0 Å². The van der Waals surface area contributed by atoms with Gasteiger partial charge in [-0.25, -0.2) is 0 Å². The summed E-state index contributed by atoms with van der Waals surface area (Å²) in [5, 5.41) is 2.05. The smallest absolute Gasteiger partial charge is 0.128 e. The first-order chi connectivity index (χ1) is 9.75. The summed E-state index contributed by atoms with van der Waals surface area (Å²) < 4.78 is 6.07. The molecule has 20 heavy (non-hydrogen) atoms. The maximum atomic E-state index is 6.07. The zero-order chi connectivity index (χ0) is 13.9. The molecule has 0 radical (unpaired) electrons. The molecule has 0 spiro atoms. The number of pyridine rings is 1. The zero-order valence-electron chi connectivity index (χ0n) is 11.3. The SMILES string of the molecule is CC(Oc1cccc2c(N)cccc12)c1cccnc1. The van der Waals surface area contributed by atoms with Gasteiger partial charge in [-0.1, -0.05) is 30.3 Å². The first-order valence-corrected chi connectivity index (χ1v) is 6.59. The van der Waals surface area contributed by atoms with Crippen molar-refractivity contribution in [1.29, 1.82) is 0 Å². The van der Waals surface area contributed by atoms with Gasteiger partial charge in [0, 0.05) is 34.4 Å². The van der Waals surface area contributed by atoms with Crippen LogP contribution in [0.15, 0.2) is 60.9 Å². The fourth-order valence-electron chi connectivity index (χ4n) is 2.28. The van der Waals surface area contributed by atoms with E-state index in [2.05, 4.69) is 4.98 Å². The summed E-state index contributed by atoms with van der Waals surface area (Å²) in [7, 11) is 0. The lowest BCUT2D eigenvalue weighted by molar-refractivity contribution is 0.229. The molecular formula is C17H16N2O. The van der Waals surface area contributed by atoms with E-state index in [-0.39, 0.29) is 6.10 Å². The Morgan fingerprint density at radius 2 is 1.80 bits per heavy atom. The molecule has 1 atom stereocenters. The third-order valence-corrected chi connectivity index (χ3v) is 3.37. The van der Waals surface area contributed by atoms with Gasteiger partial charge in [-0.05, 0) is 25.1 Å². The van der Waals surface area contributed by atoms with Crippen LogP contribution >= 0.6 is 0 Å². The molecule has 100 valence electrons. The van der Waals surface area contributed by atoms with Crippen molar-refractivity contribution in [2.24, 2.45) is 0 Å². The van der Waals surface area contributed by atoms with Crippen LogP contribution in [0.4, 0.5) is 5.69 Å². The van der Waals surface area contributed by atoms with Crippen LogP contribution in [0, 0.1) is 0 Å². The Hall–Kier alpha value is -2.55. The van der Waals surface area contributed by atoms with Crippen molar-refractivity contribution in [3.63, 3.8) is 0 Å². The molecule has 0 saturated carbocycles. The third-order valence-electron chi connectivity index (χ3n) is 3.37. The third kappa shape index (κ3) is 2.30. The highest BCUT2D eigenvalue weighted by Crippen LogP contribution is 2.31. The van der Waals surface area contributed by atoms with E-state index < -0.39 is 0 Å². The predicted octanol–water partition coefficient (Wildman–Crippen LogP) is 3.96. The van der Waals surface area contributed by atoms with E-state index in [4.69, 9.17) is 10.5 Å². The quantitative estimate of drug-likeness (QED) is 0.728. The van der Waals surface area contributed by atoms with Crippen LogP contribution in [-0.2, 0) is 0 Å². The van der Waals surface area contributed by atoms with Crippen LogP contribution in [0.25, 0.3) is 10.8 Å². The number of ether oxygens (including phenoxy) is 1. The molecule has 1 heterocycles. The van der Waals surface area contributed by atoms with Gasteiger partial charge in [0.2, 0.25) is 0 Å². The van der Waals surface area contributed by atoms with Gasteiger partial charge in [0.15, 0.2) is 0 Å². The van der Waals surface area contributed by atoms with Crippen LogP contribution in [-0.4, -0.2) is 4.98 Å². The average molecular weight is 264 g/mol. The number of rotatable bonds is 3. The number of nitrogens with zero attached hydrogens (tertiary/aromatic N) is 1. The molecule has 1 unspecified atom stereocenters. The second-order valence-corrected chi connectivity index (χ2v) is 4.74. The monoisotopic (exact) mass is 264 g/mol. The average Bonchev–Trinajstić information content (AvgIpc) is 2.49. The van der Waals surface area contributed by atoms with Crippen LogP contribution in [0.2, 0.25) is 0 Å². The highest BCUT2D eigenvalue weighted by atomic mass is 16.5. The summed E-state index contributed by atoms with van der Waals surface area (Å²) in [6.07, 6.45) is 3.52. The molecule has 0 fully saturated rings. The molecule has 3 heteroatoms. The van der Waals surface area contributed by atoms with E-state index in [1.54, 1.807) is 6.20 Å². The van der Waals surface area contributed by atoms with Crippen molar-refractivity contribution in [3.05, 3.63) is 66.5 Å². The number of hydrogen-bond acceptors (Lipinski definition) is 3. The molecule has 1 aromatic heterocycles. The van der Waals surface area contributed by atoms with Crippen molar-refractivity contribution in [2.45, 2.75) is 13.0 Å². The molecule has 2 N–H and O–H groups in total. The second kappa shape index (κ2) is 5.21. The summed E-state index contributed by atoms with van der Waals surface area (Å²) in [6.45, 7) is 2.02. The van der Waals surface area contributed by atoms with E-state index in [1.807, 2.05) is 61.7 Å². The lowest BCUT2D eigenvalue weighted by Gasteiger charge is -2.16. The van der Waals surface area contributed by atoms with E-state index in [0.29, 0.717) is 0 Å². The van der Waals surface area contributed by atoms with E-state index in [9.17, 15) is 0 Å². The predicted molar refractivity (Wildman–Crippen MR) is 81.6 cm³/mol. The summed E-state index contributed by atoms with van der Waals surface area (Å²) in [5.74, 6) is 0.839. The van der Waals surface area contributed by atoms with Gasteiger partial charge in [0.25, 0.3) is 0 Å².